The van der Waals surface area contributed by atoms with Crippen LogP contribution in [-0.2, 0) is 9.84 Å². The topological polar surface area (TPSA) is 83.6 Å². The number of phenolic OH excluding ortho intramolecular Hbond substituents is 1. The molecule has 1 aliphatic carbocycles. The Morgan fingerprint density at radius 1 is 1.35 bits per heavy atom. The fourth-order valence-corrected chi connectivity index (χ4v) is 5.62. The second kappa shape index (κ2) is 5.42. The molecule has 1 unspecified atom stereocenters. The zero-order valence-electron chi connectivity index (χ0n) is 11.5. The number of aromatic hydroxyl groups is 1. The van der Waals surface area contributed by atoms with Gasteiger partial charge in [0.15, 0.2) is 15.6 Å². The van der Waals surface area contributed by atoms with E-state index < -0.39 is 20.8 Å². The molecule has 0 radical (unpaired) electrons. The van der Waals surface area contributed by atoms with Gasteiger partial charge in [0, 0.05) is 6.04 Å². The van der Waals surface area contributed by atoms with E-state index in [-0.39, 0.29) is 21.6 Å². The average Bonchev–Trinajstić information content (AvgIpc) is 2.84. The normalized spacial score (nSPS) is 23.4. The molecular weight excluding hydrogens is 300 g/mol. The number of nitrogens with zero attached hydrogens (tertiary/aromatic N) is 1. The molecule has 0 saturated heterocycles. The highest BCUT2D eigenvalue weighted by atomic mass is 35.5. The van der Waals surface area contributed by atoms with Crippen molar-refractivity contribution in [2.24, 2.45) is 0 Å². The minimum Gasteiger partial charge on any atom is -0.504 e. The SMILES string of the molecule is CN(C)[C@@H]1CCCC1S(=O)(=O)c1c(Cl)ccc(N)c1O. The Morgan fingerprint density at radius 2 is 2.00 bits per heavy atom. The van der Waals surface area contributed by atoms with Gasteiger partial charge in [-0.15, -0.1) is 0 Å². The first-order valence-electron chi connectivity index (χ1n) is 6.44. The number of sulfone groups is 1. The molecule has 0 amide bonds. The summed E-state index contributed by atoms with van der Waals surface area (Å²) < 4.78 is 25.6. The van der Waals surface area contributed by atoms with E-state index in [1.165, 1.54) is 12.1 Å². The molecule has 1 fully saturated rings. The number of phenols is 1. The molecule has 0 spiro atoms. The third-order valence-corrected chi connectivity index (χ3v) is 6.64. The maximum Gasteiger partial charge on any atom is 0.187 e. The number of hydrogen-bond donors (Lipinski definition) is 2. The monoisotopic (exact) mass is 318 g/mol. The van der Waals surface area contributed by atoms with Crippen LogP contribution in [0.5, 0.6) is 5.75 Å². The van der Waals surface area contributed by atoms with Gasteiger partial charge in [0.25, 0.3) is 0 Å². The third kappa shape index (κ3) is 2.47. The minimum atomic E-state index is -3.72. The van der Waals surface area contributed by atoms with Crippen LogP contribution in [-0.4, -0.2) is 43.8 Å². The molecular formula is C13H19ClN2O3S. The number of rotatable bonds is 3. The molecule has 1 saturated carbocycles. The van der Waals surface area contributed by atoms with E-state index in [0.717, 1.165) is 12.8 Å². The van der Waals surface area contributed by atoms with Crippen LogP contribution in [0.25, 0.3) is 0 Å². The molecule has 1 aromatic carbocycles. The van der Waals surface area contributed by atoms with Crippen LogP contribution in [0, 0.1) is 0 Å². The number of nitrogen functional groups attached to an aromatic ring is 1. The van der Waals surface area contributed by atoms with Crippen molar-refractivity contribution < 1.29 is 13.5 Å². The zero-order chi connectivity index (χ0) is 15.1. The fraction of sp³-hybridized carbons (Fsp3) is 0.538. The Bertz CT molecular complexity index is 616. The first kappa shape index (κ1) is 15.4. The van der Waals surface area contributed by atoms with E-state index in [2.05, 4.69) is 0 Å². The number of halogens is 1. The molecule has 1 aliphatic rings. The second-order valence-corrected chi connectivity index (χ2v) is 7.87. The van der Waals surface area contributed by atoms with E-state index in [1.54, 1.807) is 0 Å². The Labute approximate surface area is 124 Å². The van der Waals surface area contributed by atoms with Crippen molar-refractivity contribution in [1.82, 2.24) is 4.90 Å². The summed E-state index contributed by atoms with van der Waals surface area (Å²) in [6, 6.07) is 2.73. The van der Waals surface area contributed by atoms with Gasteiger partial charge in [-0.1, -0.05) is 18.0 Å². The van der Waals surface area contributed by atoms with Crippen LogP contribution in [0.15, 0.2) is 17.0 Å². The van der Waals surface area contributed by atoms with Gasteiger partial charge in [-0.3, -0.25) is 0 Å². The Morgan fingerprint density at radius 3 is 2.60 bits per heavy atom. The quantitative estimate of drug-likeness (QED) is 0.656. The van der Waals surface area contributed by atoms with Crippen molar-refractivity contribution in [1.29, 1.82) is 0 Å². The van der Waals surface area contributed by atoms with E-state index in [0.29, 0.717) is 6.42 Å². The summed E-state index contributed by atoms with van der Waals surface area (Å²) in [7, 11) is 0.000537. The average molecular weight is 319 g/mol. The molecule has 3 N–H and O–H groups in total. The van der Waals surface area contributed by atoms with Crippen molar-refractivity contribution in [3.8, 4) is 5.75 Å². The molecule has 2 atom stereocenters. The van der Waals surface area contributed by atoms with Gasteiger partial charge in [0.1, 0.15) is 4.90 Å². The van der Waals surface area contributed by atoms with Crippen LogP contribution in [0.1, 0.15) is 19.3 Å². The van der Waals surface area contributed by atoms with Crippen LogP contribution >= 0.6 is 11.6 Å². The largest absolute Gasteiger partial charge is 0.504 e. The molecule has 0 heterocycles. The molecule has 0 bridgehead atoms. The smallest absolute Gasteiger partial charge is 0.187 e. The molecule has 2 rings (SSSR count). The van der Waals surface area contributed by atoms with Crippen LogP contribution in [0.2, 0.25) is 5.02 Å². The zero-order valence-corrected chi connectivity index (χ0v) is 13.1. The Hall–Kier alpha value is -0.980. The van der Waals surface area contributed by atoms with Crippen molar-refractivity contribution in [3.63, 3.8) is 0 Å². The van der Waals surface area contributed by atoms with Crippen molar-refractivity contribution >= 4 is 27.1 Å². The van der Waals surface area contributed by atoms with Gasteiger partial charge in [-0.25, -0.2) is 8.42 Å². The van der Waals surface area contributed by atoms with Gasteiger partial charge < -0.3 is 15.7 Å². The molecule has 0 aliphatic heterocycles. The van der Waals surface area contributed by atoms with Crippen molar-refractivity contribution in [2.75, 3.05) is 19.8 Å². The number of benzene rings is 1. The van der Waals surface area contributed by atoms with Crippen LogP contribution in [0.3, 0.4) is 0 Å². The van der Waals surface area contributed by atoms with Gasteiger partial charge in [0.05, 0.1) is 16.0 Å². The van der Waals surface area contributed by atoms with Crippen LogP contribution in [0.4, 0.5) is 5.69 Å². The molecule has 20 heavy (non-hydrogen) atoms. The Balaban J connectivity index is 2.54. The fourth-order valence-electron chi connectivity index (χ4n) is 2.84. The van der Waals surface area contributed by atoms with Gasteiger partial charge >= 0.3 is 0 Å². The molecule has 1 aromatic rings. The summed E-state index contributed by atoms with van der Waals surface area (Å²) in [6.07, 6.45) is 2.22. The lowest BCUT2D eigenvalue weighted by atomic mass is 10.2. The summed E-state index contributed by atoms with van der Waals surface area (Å²) in [4.78, 5) is 1.67. The summed E-state index contributed by atoms with van der Waals surface area (Å²) in [6.45, 7) is 0. The summed E-state index contributed by atoms with van der Waals surface area (Å²) in [5.74, 6) is -0.443. The van der Waals surface area contributed by atoms with Crippen molar-refractivity contribution in [3.05, 3.63) is 17.2 Å². The number of hydrogen-bond acceptors (Lipinski definition) is 5. The standard InChI is InChI=1S/C13H19ClN2O3S/c1-16(2)10-4-3-5-11(10)20(18,19)13-8(14)6-7-9(15)12(13)17/h6-7,10-11,17H,3-5,15H2,1-2H3/t10-,11?/m1/s1. The predicted octanol–water partition coefficient (Wildman–Crippen LogP) is 1.88. The summed E-state index contributed by atoms with van der Waals surface area (Å²) in [5.41, 5.74) is 5.62. The Kier molecular flexibility index (Phi) is 4.18. The minimum absolute atomic E-state index is 0.0149. The van der Waals surface area contributed by atoms with E-state index in [4.69, 9.17) is 17.3 Å². The summed E-state index contributed by atoms with van der Waals surface area (Å²) in [5, 5.41) is 9.44. The molecule has 7 heteroatoms. The van der Waals surface area contributed by atoms with Crippen LogP contribution < -0.4 is 5.73 Å². The molecule has 5 nitrogen and oxygen atoms in total. The maximum atomic E-state index is 12.8. The lowest BCUT2D eigenvalue weighted by molar-refractivity contribution is 0.299. The van der Waals surface area contributed by atoms with Crippen molar-refractivity contribution in [2.45, 2.75) is 35.4 Å². The highest BCUT2D eigenvalue weighted by molar-refractivity contribution is 7.92. The first-order valence-corrected chi connectivity index (χ1v) is 8.36. The van der Waals surface area contributed by atoms with Gasteiger partial charge in [-0.05, 0) is 39.1 Å². The van der Waals surface area contributed by atoms with Gasteiger partial charge in [0.2, 0.25) is 0 Å². The van der Waals surface area contributed by atoms with E-state index >= 15 is 0 Å². The highest BCUT2D eigenvalue weighted by Gasteiger charge is 2.41. The number of anilines is 1. The molecule has 0 aromatic heterocycles. The van der Waals surface area contributed by atoms with Gasteiger partial charge in [-0.2, -0.15) is 0 Å². The highest BCUT2D eigenvalue weighted by Crippen LogP contribution is 2.41. The maximum absolute atomic E-state index is 12.8. The lowest BCUT2D eigenvalue weighted by Gasteiger charge is -2.26. The first-order chi connectivity index (χ1) is 9.26. The van der Waals surface area contributed by atoms with E-state index in [9.17, 15) is 13.5 Å². The predicted molar refractivity (Wildman–Crippen MR) is 79.8 cm³/mol. The second-order valence-electron chi connectivity index (χ2n) is 5.36. The summed E-state index contributed by atoms with van der Waals surface area (Å²) >= 11 is 5.98. The molecule has 112 valence electrons. The lowest BCUT2D eigenvalue weighted by Crippen LogP contribution is -2.39. The van der Waals surface area contributed by atoms with E-state index in [1.807, 2.05) is 19.0 Å². The third-order valence-electron chi connectivity index (χ3n) is 3.88. The number of nitrogens with two attached hydrogens (primary N) is 1.